The predicted octanol–water partition coefficient (Wildman–Crippen LogP) is 3.67. The van der Waals surface area contributed by atoms with E-state index in [1.807, 2.05) is 37.4 Å². The number of ether oxygens (including phenoxy) is 2. The van der Waals surface area contributed by atoms with Crippen molar-refractivity contribution < 1.29 is 14.3 Å². The van der Waals surface area contributed by atoms with Crippen molar-refractivity contribution in [2.45, 2.75) is 25.7 Å². The number of rotatable bonds is 9. The van der Waals surface area contributed by atoms with Gasteiger partial charge in [0.05, 0.1) is 14.2 Å². The number of aromatic nitrogens is 4. The number of hydrogen-bond acceptors (Lipinski definition) is 5. The van der Waals surface area contributed by atoms with Gasteiger partial charge in [-0.15, -0.1) is 5.10 Å². The molecule has 0 unspecified atom stereocenters. The maximum atomic E-state index is 12.4. The molecule has 0 saturated heterocycles. The number of fused-ring (bicyclic) bond motifs is 1. The molecule has 0 aliphatic heterocycles. The lowest BCUT2D eigenvalue weighted by molar-refractivity contribution is -0.116. The first-order chi connectivity index (χ1) is 15.6. The summed E-state index contributed by atoms with van der Waals surface area (Å²) >= 11 is 0. The monoisotopic (exact) mass is 433 g/mol. The van der Waals surface area contributed by atoms with Crippen molar-refractivity contribution in [1.29, 1.82) is 0 Å². The van der Waals surface area contributed by atoms with Crippen LogP contribution < -0.4 is 14.8 Å². The molecular weight excluding hydrogens is 406 g/mol. The van der Waals surface area contributed by atoms with Crippen molar-refractivity contribution in [2.24, 2.45) is 7.05 Å². The molecule has 8 heteroatoms. The van der Waals surface area contributed by atoms with E-state index in [1.54, 1.807) is 14.2 Å². The number of nitrogens with one attached hydrogen (secondary N) is 2. The number of carbonyl (C=O) groups excluding carboxylic acids is 1. The zero-order valence-corrected chi connectivity index (χ0v) is 18.5. The minimum Gasteiger partial charge on any atom is -0.493 e. The van der Waals surface area contributed by atoms with Crippen LogP contribution in [0.5, 0.6) is 11.5 Å². The first-order valence-corrected chi connectivity index (χ1v) is 10.5. The van der Waals surface area contributed by atoms with Crippen LogP contribution in [0.1, 0.15) is 23.4 Å². The van der Waals surface area contributed by atoms with Crippen LogP contribution in [0.2, 0.25) is 0 Å². The third kappa shape index (κ3) is 4.74. The Morgan fingerprint density at radius 2 is 1.88 bits per heavy atom. The average Bonchev–Trinajstić information content (AvgIpc) is 3.40. The molecule has 0 bridgehead atoms. The molecule has 2 aromatic heterocycles. The summed E-state index contributed by atoms with van der Waals surface area (Å²) in [4.78, 5) is 16.8. The molecule has 166 valence electrons. The van der Waals surface area contributed by atoms with Gasteiger partial charge in [0.2, 0.25) is 11.9 Å². The summed E-state index contributed by atoms with van der Waals surface area (Å²) in [6.45, 7) is 0. The summed E-state index contributed by atoms with van der Waals surface area (Å²) in [5.41, 5.74) is 3.42. The fourth-order valence-electron chi connectivity index (χ4n) is 3.82. The van der Waals surface area contributed by atoms with Gasteiger partial charge in [-0.25, -0.2) is 0 Å². The van der Waals surface area contributed by atoms with Crippen LogP contribution in [0.15, 0.2) is 48.7 Å². The number of nitrogens with zero attached hydrogens (tertiary/aromatic N) is 3. The Morgan fingerprint density at radius 1 is 1.06 bits per heavy atom. The second-order valence-electron chi connectivity index (χ2n) is 7.63. The van der Waals surface area contributed by atoms with Crippen molar-refractivity contribution in [3.63, 3.8) is 0 Å². The molecule has 0 aliphatic carbocycles. The van der Waals surface area contributed by atoms with Crippen LogP contribution in [-0.2, 0) is 31.1 Å². The van der Waals surface area contributed by atoms with Crippen LogP contribution in [0.4, 0.5) is 5.95 Å². The molecule has 2 heterocycles. The van der Waals surface area contributed by atoms with Crippen molar-refractivity contribution in [3.05, 3.63) is 65.6 Å². The van der Waals surface area contributed by atoms with Crippen LogP contribution >= 0.6 is 0 Å². The van der Waals surface area contributed by atoms with Gasteiger partial charge in [-0.05, 0) is 42.2 Å². The number of benzene rings is 2. The summed E-state index contributed by atoms with van der Waals surface area (Å²) in [7, 11) is 5.25. The molecule has 0 fully saturated rings. The lowest BCUT2D eigenvalue weighted by atomic mass is 10.1. The first-order valence-electron chi connectivity index (χ1n) is 10.5. The van der Waals surface area contributed by atoms with Crippen LogP contribution in [0, 0.1) is 0 Å². The summed E-state index contributed by atoms with van der Waals surface area (Å²) in [5.74, 6) is 2.30. The van der Waals surface area contributed by atoms with E-state index in [9.17, 15) is 4.79 Å². The van der Waals surface area contributed by atoms with Gasteiger partial charge in [0.25, 0.3) is 0 Å². The average molecular weight is 434 g/mol. The van der Waals surface area contributed by atoms with E-state index in [4.69, 9.17) is 9.47 Å². The number of methoxy groups -OCH3 is 2. The van der Waals surface area contributed by atoms with Gasteiger partial charge in [0.15, 0.2) is 11.5 Å². The SMILES string of the molecule is COc1ccc(CCc2nc(NC(=O)CCc3cn(C)c4ccccc34)n[nH]2)cc1OC. The molecular formula is C24H27N5O3. The summed E-state index contributed by atoms with van der Waals surface area (Å²) < 4.78 is 12.7. The second kappa shape index (κ2) is 9.55. The predicted molar refractivity (Wildman–Crippen MR) is 123 cm³/mol. The van der Waals surface area contributed by atoms with E-state index in [0.717, 1.165) is 23.1 Å². The first kappa shape index (κ1) is 21.4. The van der Waals surface area contributed by atoms with Crippen molar-refractivity contribution in [1.82, 2.24) is 19.7 Å². The number of anilines is 1. The van der Waals surface area contributed by atoms with Crippen molar-refractivity contribution in [2.75, 3.05) is 19.5 Å². The number of H-pyrrole nitrogens is 1. The quantitative estimate of drug-likeness (QED) is 0.420. The summed E-state index contributed by atoms with van der Waals surface area (Å²) in [6, 6.07) is 14.0. The maximum Gasteiger partial charge on any atom is 0.248 e. The van der Waals surface area contributed by atoms with Gasteiger partial charge in [0, 0.05) is 37.0 Å². The fraction of sp³-hybridized carbons (Fsp3) is 0.292. The van der Waals surface area contributed by atoms with Gasteiger partial charge < -0.3 is 14.0 Å². The normalized spacial score (nSPS) is 11.0. The highest BCUT2D eigenvalue weighted by Gasteiger charge is 2.12. The highest BCUT2D eigenvalue weighted by atomic mass is 16.5. The van der Waals surface area contributed by atoms with E-state index in [0.29, 0.717) is 42.5 Å². The Labute approximate surface area is 186 Å². The van der Waals surface area contributed by atoms with Gasteiger partial charge in [-0.1, -0.05) is 24.3 Å². The third-order valence-corrected chi connectivity index (χ3v) is 5.48. The minimum atomic E-state index is -0.108. The van der Waals surface area contributed by atoms with Crippen LogP contribution in [0.3, 0.4) is 0 Å². The maximum absolute atomic E-state index is 12.4. The van der Waals surface area contributed by atoms with Crippen molar-refractivity contribution >= 4 is 22.8 Å². The zero-order chi connectivity index (χ0) is 22.5. The van der Waals surface area contributed by atoms with Gasteiger partial charge in [0.1, 0.15) is 5.82 Å². The highest BCUT2D eigenvalue weighted by Crippen LogP contribution is 2.28. The van der Waals surface area contributed by atoms with Crippen LogP contribution in [-0.4, -0.2) is 39.9 Å². The standard InChI is InChI=1S/C24H27N5O3/c1-29-15-17(18-6-4-5-7-19(18)29)10-13-23(30)26-24-25-22(27-28-24)12-9-16-8-11-20(31-2)21(14-16)32-3/h4-8,11,14-15H,9-10,12-13H2,1-3H3,(H2,25,26,27,28,30). The van der Waals surface area contributed by atoms with Crippen LogP contribution in [0.25, 0.3) is 10.9 Å². The van der Waals surface area contributed by atoms with E-state index in [1.165, 1.54) is 5.39 Å². The largest absolute Gasteiger partial charge is 0.493 e. The molecule has 32 heavy (non-hydrogen) atoms. The molecule has 0 radical (unpaired) electrons. The van der Waals surface area contributed by atoms with E-state index in [-0.39, 0.29) is 5.91 Å². The summed E-state index contributed by atoms with van der Waals surface area (Å²) in [6.07, 6.45) is 4.52. The number of aryl methyl sites for hydroxylation is 4. The fourth-order valence-corrected chi connectivity index (χ4v) is 3.82. The highest BCUT2D eigenvalue weighted by molar-refractivity contribution is 5.90. The number of para-hydroxylation sites is 1. The molecule has 2 N–H and O–H groups in total. The number of amides is 1. The topological polar surface area (TPSA) is 94.1 Å². The lowest BCUT2D eigenvalue weighted by Gasteiger charge is -2.09. The molecule has 0 spiro atoms. The third-order valence-electron chi connectivity index (χ3n) is 5.48. The Hall–Kier alpha value is -3.81. The second-order valence-corrected chi connectivity index (χ2v) is 7.63. The Bertz CT molecular complexity index is 1230. The van der Waals surface area contributed by atoms with Gasteiger partial charge in [-0.2, -0.15) is 4.98 Å². The Morgan fingerprint density at radius 3 is 2.69 bits per heavy atom. The minimum absolute atomic E-state index is 0.108. The molecule has 2 aromatic carbocycles. The Kier molecular flexibility index (Phi) is 6.39. The summed E-state index contributed by atoms with van der Waals surface area (Å²) in [5, 5.41) is 11.0. The molecule has 4 aromatic rings. The van der Waals surface area contributed by atoms with E-state index < -0.39 is 0 Å². The molecule has 4 rings (SSSR count). The molecule has 0 aliphatic rings. The van der Waals surface area contributed by atoms with Crippen molar-refractivity contribution in [3.8, 4) is 11.5 Å². The molecule has 0 saturated carbocycles. The van der Waals surface area contributed by atoms with E-state index >= 15 is 0 Å². The Balaban J connectivity index is 1.30. The smallest absolute Gasteiger partial charge is 0.248 e. The molecule has 1 amide bonds. The molecule has 0 atom stereocenters. The van der Waals surface area contributed by atoms with Gasteiger partial charge in [-0.3, -0.25) is 15.2 Å². The molecule has 8 nitrogen and oxygen atoms in total. The lowest BCUT2D eigenvalue weighted by Crippen LogP contribution is -2.13. The van der Waals surface area contributed by atoms with Gasteiger partial charge >= 0.3 is 0 Å². The zero-order valence-electron chi connectivity index (χ0n) is 18.5. The number of hydrogen-bond donors (Lipinski definition) is 2. The van der Waals surface area contributed by atoms with E-state index in [2.05, 4.69) is 43.4 Å². The number of aromatic amines is 1. The number of carbonyl (C=O) groups is 1.